The Kier molecular flexibility index (Phi) is 6.09. The Balaban J connectivity index is 1.36. The molecule has 1 aliphatic heterocycles. The molecule has 0 aliphatic carbocycles. The van der Waals surface area contributed by atoms with Crippen LogP contribution in [-0.4, -0.2) is 33.4 Å². The number of piperidine rings is 1. The average molecular weight is 431 g/mol. The summed E-state index contributed by atoms with van der Waals surface area (Å²) in [5, 5.41) is 3.89. The maximum absolute atomic E-state index is 12.6. The van der Waals surface area contributed by atoms with Gasteiger partial charge in [-0.05, 0) is 63.2 Å². The van der Waals surface area contributed by atoms with E-state index in [4.69, 9.17) is 28.2 Å². The minimum atomic E-state index is 0.00527. The van der Waals surface area contributed by atoms with Crippen LogP contribution in [0.4, 0.5) is 5.69 Å². The van der Waals surface area contributed by atoms with E-state index in [9.17, 15) is 4.79 Å². The van der Waals surface area contributed by atoms with Gasteiger partial charge in [0.15, 0.2) is 0 Å². The van der Waals surface area contributed by atoms with Gasteiger partial charge in [0.1, 0.15) is 5.82 Å². The zero-order valence-corrected chi connectivity index (χ0v) is 17.9. The minimum absolute atomic E-state index is 0.00527. The second-order valence-electron chi connectivity index (χ2n) is 7.43. The normalized spacial score (nSPS) is 15.7. The molecule has 2 heterocycles. The zero-order chi connectivity index (χ0) is 20.4. The number of halogens is 2. The molecule has 0 atom stereocenters. The molecular formula is C22H24Cl2N4O. The number of hydrogen-bond donors (Lipinski definition) is 1. The second-order valence-corrected chi connectivity index (χ2v) is 8.24. The quantitative estimate of drug-likeness (QED) is 0.603. The van der Waals surface area contributed by atoms with Gasteiger partial charge in [0.25, 0.3) is 0 Å². The number of aromatic nitrogens is 2. The van der Waals surface area contributed by atoms with Crippen molar-refractivity contribution in [1.82, 2.24) is 14.5 Å². The van der Waals surface area contributed by atoms with Gasteiger partial charge in [-0.15, -0.1) is 0 Å². The number of carbonyl (C=O) groups excluding carboxylic acids is 1. The number of hydrogen-bond acceptors (Lipinski definition) is 3. The molecule has 1 aliphatic rings. The Labute approximate surface area is 180 Å². The molecule has 0 radical (unpaired) electrons. The molecule has 0 unspecified atom stereocenters. The van der Waals surface area contributed by atoms with E-state index in [1.165, 1.54) is 5.52 Å². The van der Waals surface area contributed by atoms with Crippen LogP contribution in [-0.2, 0) is 17.9 Å². The van der Waals surface area contributed by atoms with Crippen LogP contribution in [0.15, 0.2) is 42.5 Å². The summed E-state index contributed by atoms with van der Waals surface area (Å²) in [4.78, 5) is 19.8. The molecule has 152 valence electrons. The van der Waals surface area contributed by atoms with Crippen LogP contribution in [0.1, 0.15) is 25.6 Å². The first kappa shape index (κ1) is 20.2. The summed E-state index contributed by atoms with van der Waals surface area (Å²) in [7, 11) is 0. The van der Waals surface area contributed by atoms with Crippen LogP contribution >= 0.6 is 23.2 Å². The average Bonchev–Trinajstić information content (AvgIpc) is 3.08. The third-order valence-corrected chi connectivity index (χ3v) is 6.30. The smallest absolute Gasteiger partial charge is 0.227 e. The summed E-state index contributed by atoms with van der Waals surface area (Å²) in [6.07, 6.45) is 1.67. The molecule has 0 saturated carbocycles. The highest BCUT2D eigenvalue weighted by Crippen LogP contribution is 2.27. The van der Waals surface area contributed by atoms with Gasteiger partial charge in [0.05, 0.1) is 27.6 Å². The van der Waals surface area contributed by atoms with Crippen LogP contribution < -0.4 is 5.32 Å². The predicted molar refractivity (Wildman–Crippen MR) is 118 cm³/mol. The highest BCUT2D eigenvalue weighted by Gasteiger charge is 2.26. The van der Waals surface area contributed by atoms with Crippen molar-refractivity contribution in [3.05, 3.63) is 58.3 Å². The predicted octanol–water partition coefficient (Wildman–Crippen LogP) is 5.21. The van der Waals surface area contributed by atoms with Crippen molar-refractivity contribution in [3.63, 3.8) is 0 Å². The molecule has 1 N–H and O–H groups in total. The standard InChI is InChI=1S/C22H24Cl2N4O/c1-2-28-20-6-4-3-5-19(20)26-21(28)14-27-11-9-15(10-12-27)22(29)25-16-7-8-17(23)18(24)13-16/h3-8,13,15H,2,9-12,14H2,1H3,(H,25,29). The lowest BCUT2D eigenvalue weighted by atomic mass is 9.96. The molecule has 29 heavy (non-hydrogen) atoms. The van der Waals surface area contributed by atoms with E-state index < -0.39 is 0 Å². The molecule has 1 aromatic heterocycles. The van der Waals surface area contributed by atoms with Crippen molar-refractivity contribution >= 4 is 45.8 Å². The first-order valence-corrected chi connectivity index (χ1v) is 10.7. The molecule has 1 saturated heterocycles. The molecule has 0 bridgehead atoms. The van der Waals surface area contributed by atoms with Gasteiger partial charge in [0.2, 0.25) is 5.91 Å². The number of fused-ring (bicyclic) bond motifs is 1. The number of rotatable bonds is 5. The van der Waals surface area contributed by atoms with Gasteiger partial charge in [-0.3, -0.25) is 9.69 Å². The molecular weight excluding hydrogens is 407 g/mol. The Morgan fingerprint density at radius 2 is 1.90 bits per heavy atom. The number of anilines is 1. The highest BCUT2D eigenvalue weighted by molar-refractivity contribution is 6.42. The SMILES string of the molecule is CCn1c(CN2CCC(C(=O)Nc3ccc(Cl)c(Cl)c3)CC2)nc2ccccc21. The molecule has 0 spiro atoms. The highest BCUT2D eigenvalue weighted by atomic mass is 35.5. The molecule has 1 fully saturated rings. The first-order chi connectivity index (χ1) is 14.0. The van der Waals surface area contributed by atoms with Crippen LogP contribution in [0.3, 0.4) is 0 Å². The van der Waals surface area contributed by atoms with Crippen molar-refractivity contribution < 1.29 is 4.79 Å². The number of aryl methyl sites for hydroxylation is 1. The maximum atomic E-state index is 12.6. The van der Waals surface area contributed by atoms with Crippen LogP contribution in [0.2, 0.25) is 10.0 Å². The van der Waals surface area contributed by atoms with E-state index in [1.807, 2.05) is 6.07 Å². The van der Waals surface area contributed by atoms with Gasteiger partial charge in [-0.25, -0.2) is 4.98 Å². The summed E-state index contributed by atoms with van der Waals surface area (Å²) >= 11 is 12.0. The van der Waals surface area contributed by atoms with Gasteiger partial charge in [-0.1, -0.05) is 35.3 Å². The molecule has 1 amide bonds. The van der Waals surface area contributed by atoms with Crippen molar-refractivity contribution in [2.75, 3.05) is 18.4 Å². The number of nitrogens with zero attached hydrogens (tertiary/aromatic N) is 3. The van der Waals surface area contributed by atoms with E-state index in [2.05, 4.69) is 39.9 Å². The van der Waals surface area contributed by atoms with Crippen LogP contribution in [0.25, 0.3) is 11.0 Å². The van der Waals surface area contributed by atoms with E-state index in [0.29, 0.717) is 15.7 Å². The first-order valence-electron chi connectivity index (χ1n) is 9.97. The molecule has 7 heteroatoms. The Morgan fingerprint density at radius 1 is 1.14 bits per heavy atom. The zero-order valence-electron chi connectivity index (χ0n) is 16.4. The van der Waals surface area contributed by atoms with Gasteiger partial charge >= 0.3 is 0 Å². The third-order valence-electron chi connectivity index (χ3n) is 5.56. The lowest BCUT2D eigenvalue weighted by Gasteiger charge is -2.31. The lowest BCUT2D eigenvalue weighted by molar-refractivity contribution is -0.121. The van der Waals surface area contributed by atoms with Crippen molar-refractivity contribution in [2.24, 2.45) is 5.92 Å². The fraction of sp³-hybridized carbons (Fsp3) is 0.364. The molecule has 2 aromatic carbocycles. The minimum Gasteiger partial charge on any atom is -0.327 e. The Hall–Kier alpha value is -2.08. The Bertz CT molecular complexity index is 1020. The van der Waals surface area contributed by atoms with Gasteiger partial charge in [0, 0.05) is 18.2 Å². The van der Waals surface area contributed by atoms with Crippen LogP contribution in [0, 0.1) is 5.92 Å². The number of nitrogens with one attached hydrogen (secondary N) is 1. The number of likely N-dealkylation sites (tertiary alicyclic amines) is 1. The molecule has 5 nitrogen and oxygen atoms in total. The van der Waals surface area contributed by atoms with Crippen molar-refractivity contribution in [1.29, 1.82) is 0 Å². The number of carbonyl (C=O) groups is 1. The fourth-order valence-electron chi connectivity index (χ4n) is 3.97. The summed E-state index contributed by atoms with van der Waals surface area (Å²) in [5.74, 6) is 1.14. The van der Waals surface area contributed by atoms with E-state index in [-0.39, 0.29) is 11.8 Å². The van der Waals surface area contributed by atoms with E-state index in [0.717, 1.165) is 50.4 Å². The summed E-state index contributed by atoms with van der Waals surface area (Å²) in [6.45, 7) is 5.62. The number of imidazole rings is 1. The lowest BCUT2D eigenvalue weighted by Crippen LogP contribution is -2.38. The van der Waals surface area contributed by atoms with Gasteiger partial charge in [-0.2, -0.15) is 0 Å². The number of para-hydroxylation sites is 2. The fourth-order valence-corrected chi connectivity index (χ4v) is 4.27. The third kappa shape index (κ3) is 4.42. The van der Waals surface area contributed by atoms with Crippen LogP contribution in [0.5, 0.6) is 0 Å². The largest absolute Gasteiger partial charge is 0.327 e. The Morgan fingerprint density at radius 3 is 2.62 bits per heavy atom. The molecule has 4 rings (SSSR count). The second kappa shape index (κ2) is 8.74. The monoisotopic (exact) mass is 430 g/mol. The number of benzene rings is 2. The topological polar surface area (TPSA) is 50.2 Å². The van der Waals surface area contributed by atoms with E-state index >= 15 is 0 Å². The summed E-state index contributed by atoms with van der Waals surface area (Å²) < 4.78 is 2.28. The number of amides is 1. The summed E-state index contributed by atoms with van der Waals surface area (Å²) in [5.41, 5.74) is 2.91. The van der Waals surface area contributed by atoms with E-state index in [1.54, 1.807) is 18.2 Å². The summed E-state index contributed by atoms with van der Waals surface area (Å²) in [6, 6.07) is 13.4. The van der Waals surface area contributed by atoms with Crippen molar-refractivity contribution in [2.45, 2.75) is 32.9 Å². The maximum Gasteiger partial charge on any atom is 0.227 e. The van der Waals surface area contributed by atoms with Crippen molar-refractivity contribution in [3.8, 4) is 0 Å². The molecule has 3 aromatic rings. The van der Waals surface area contributed by atoms with Gasteiger partial charge < -0.3 is 9.88 Å².